The van der Waals surface area contributed by atoms with E-state index < -0.39 is 0 Å². The van der Waals surface area contributed by atoms with Gasteiger partial charge in [-0.1, -0.05) is 13.3 Å². The summed E-state index contributed by atoms with van der Waals surface area (Å²) in [5.74, 6) is 0. The van der Waals surface area contributed by atoms with Crippen molar-refractivity contribution in [3.63, 3.8) is 0 Å². The molecule has 0 bridgehead atoms. The lowest BCUT2D eigenvalue weighted by atomic mass is 9.80. The van der Waals surface area contributed by atoms with E-state index in [4.69, 9.17) is 5.73 Å². The minimum atomic E-state index is 0.478. The predicted molar refractivity (Wildman–Crippen MR) is 55.6 cm³/mol. The molecule has 1 saturated carbocycles. The molecule has 1 heterocycles. The highest BCUT2D eigenvalue weighted by atomic mass is 15.2. The van der Waals surface area contributed by atoms with Crippen LogP contribution in [-0.2, 0) is 0 Å². The fourth-order valence-electron chi connectivity index (χ4n) is 3.39. The van der Waals surface area contributed by atoms with Crippen LogP contribution in [0.4, 0.5) is 0 Å². The Morgan fingerprint density at radius 1 is 1.54 bits per heavy atom. The molecular weight excluding hydrogens is 160 g/mol. The van der Waals surface area contributed by atoms with Crippen LogP contribution < -0.4 is 5.73 Å². The van der Waals surface area contributed by atoms with Crippen molar-refractivity contribution in [3.8, 4) is 0 Å². The number of nitrogens with two attached hydrogens (primary N) is 1. The first-order chi connectivity index (χ1) is 6.18. The zero-order valence-electron chi connectivity index (χ0n) is 8.92. The highest BCUT2D eigenvalue weighted by molar-refractivity contribution is 5.03. The Balaban J connectivity index is 2.10. The maximum absolute atomic E-state index is 6.23. The summed E-state index contributed by atoms with van der Waals surface area (Å²) in [5.41, 5.74) is 6.72. The maximum atomic E-state index is 6.23. The van der Waals surface area contributed by atoms with Crippen molar-refractivity contribution in [1.82, 2.24) is 4.90 Å². The van der Waals surface area contributed by atoms with Crippen LogP contribution >= 0.6 is 0 Å². The maximum Gasteiger partial charge on any atom is 0.0108 e. The Hall–Kier alpha value is -0.0800. The lowest BCUT2D eigenvalue weighted by Crippen LogP contribution is -2.38. The van der Waals surface area contributed by atoms with Crippen molar-refractivity contribution >= 4 is 0 Å². The van der Waals surface area contributed by atoms with E-state index in [0.717, 1.165) is 6.04 Å². The summed E-state index contributed by atoms with van der Waals surface area (Å²) in [4.78, 5) is 2.52. The highest BCUT2D eigenvalue weighted by Gasteiger charge is 2.47. The standard InChI is InChI=1S/C11H22N2/c1-3-9-7-11(8-13(9)2)6-4-5-10(11)12/h9-10H,3-8,12H2,1-2H3/t9?,10-,11?/m1/s1. The Morgan fingerprint density at radius 2 is 2.31 bits per heavy atom. The van der Waals surface area contributed by atoms with Gasteiger partial charge in [0, 0.05) is 18.6 Å². The zero-order chi connectivity index (χ0) is 9.47. The summed E-state index contributed by atoms with van der Waals surface area (Å²) < 4.78 is 0. The second kappa shape index (κ2) is 3.25. The van der Waals surface area contributed by atoms with Gasteiger partial charge < -0.3 is 10.6 Å². The van der Waals surface area contributed by atoms with Crippen LogP contribution in [0.5, 0.6) is 0 Å². The molecule has 2 heteroatoms. The van der Waals surface area contributed by atoms with E-state index in [1.807, 2.05) is 0 Å². The SMILES string of the molecule is CCC1CC2(CCC[C@H]2N)CN1C. The minimum absolute atomic E-state index is 0.478. The van der Waals surface area contributed by atoms with E-state index in [2.05, 4.69) is 18.9 Å². The van der Waals surface area contributed by atoms with Crippen molar-refractivity contribution in [1.29, 1.82) is 0 Å². The molecule has 2 nitrogen and oxygen atoms in total. The van der Waals surface area contributed by atoms with Gasteiger partial charge >= 0.3 is 0 Å². The third kappa shape index (κ3) is 1.40. The monoisotopic (exact) mass is 182 g/mol. The van der Waals surface area contributed by atoms with E-state index in [1.165, 1.54) is 38.6 Å². The van der Waals surface area contributed by atoms with Crippen LogP contribution in [0.15, 0.2) is 0 Å². The Morgan fingerprint density at radius 3 is 2.77 bits per heavy atom. The lowest BCUT2D eigenvalue weighted by molar-refractivity contribution is 0.253. The summed E-state index contributed by atoms with van der Waals surface area (Å²) in [5, 5.41) is 0. The first kappa shape index (κ1) is 9.47. The average Bonchev–Trinajstić information content (AvgIpc) is 2.59. The Kier molecular flexibility index (Phi) is 2.37. The van der Waals surface area contributed by atoms with Gasteiger partial charge in [0.25, 0.3) is 0 Å². The van der Waals surface area contributed by atoms with E-state index >= 15 is 0 Å². The number of nitrogens with zero attached hydrogens (tertiary/aromatic N) is 1. The van der Waals surface area contributed by atoms with Crippen LogP contribution in [0.3, 0.4) is 0 Å². The van der Waals surface area contributed by atoms with Crippen LogP contribution in [0, 0.1) is 5.41 Å². The molecule has 1 saturated heterocycles. The summed E-state index contributed by atoms with van der Waals surface area (Å²) in [6.45, 7) is 3.54. The van der Waals surface area contributed by atoms with E-state index in [0.29, 0.717) is 11.5 Å². The molecule has 2 rings (SSSR count). The molecule has 2 N–H and O–H groups in total. The van der Waals surface area contributed by atoms with Gasteiger partial charge in [-0.05, 0) is 38.1 Å². The average molecular weight is 182 g/mol. The summed E-state index contributed by atoms with van der Waals surface area (Å²) in [6, 6.07) is 1.27. The molecule has 76 valence electrons. The van der Waals surface area contributed by atoms with Crippen molar-refractivity contribution in [2.45, 2.75) is 51.1 Å². The molecule has 0 radical (unpaired) electrons. The molecule has 0 amide bonds. The van der Waals surface area contributed by atoms with Gasteiger partial charge in [0.1, 0.15) is 0 Å². The van der Waals surface area contributed by atoms with Crippen LogP contribution in [0.2, 0.25) is 0 Å². The number of hydrogen-bond acceptors (Lipinski definition) is 2. The number of hydrogen-bond donors (Lipinski definition) is 1. The summed E-state index contributed by atoms with van der Waals surface area (Å²) in [6.07, 6.45) is 6.61. The molecule has 0 aromatic rings. The van der Waals surface area contributed by atoms with Crippen LogP contribution in [0.1, 0.15) is 39.0 Å². The molecule has 1 aliphatic heterocycles. The molecule has 13 heavy (non-hydrogen) atoms. The van der Waals surface area contributed by atoms with Gasteiger partial charge in [-0.2, -0.15) is 0 Å². The van der Waals surface area contributed by atoms with Gasteiger partial charge in [-0.3, -0.25) is 0 Å². The Labute approximate surface area is 81.5 Å². The molecule has 3 atom stereocenters. The number of rotatable bonds is 1. The van der Waals surface area contributed by atoms with Crippen LogP contribution in [0.25, 0.3) is 0 Å². The molecule has 1 spiro atoms. The highest BCUT2D eigenvalue weighted by Crippen LogP contribution is 2.46. The largest absolute Gasteiger partial charge is 0.327 e. The van der Waals surface area contributed by atoms with Crippen molar-refractivity contribution < 1.29 is 0 Å². The molecule has 0 aromatic carbocycles. The van der Waals surface area contributed by atoms with Gasteiger partial charge in [0.2, 0.25) is 0 Å². The Bertz CT molecular complexity index is 193. The second-order valence-corrected chi connectivity index (χ2v) is 5.04. The third-order valence-electron chi connectivity index (χ3n) is 4.28. The molecule has 1 aliphatic carbocycles. The smallest absolute Gasteiger partial charge is 0.0108 e. The molecule has 2 unspecified atom stereocenters. The molecule has 2 aliphatic rings. The topological polar surface area (TPSA) is 29.3 Å². The summed E-state index contributed by atoms with van der Waals surface area (Å²) >= 11 is 0. The minimum Gasteiger partial charge on any atom is -0.327 e. The van der Waals surface area contributed by atoms with Gasteiger partial charge in [0.15, 0.2) is 0 Å². The van der Waals surface area contributed by atoms with Gasteiger partial charge in [-0.15, -0.1) is 0 Å². The van der Waals surface area contributed by atoms with E-state index in [9.17, 15) is 0 Å². The fourth-order valence-corrected chi connectivity index (χ4v) is 3.39. The van der Waals surface area contributed by atoms with Crippen molar-refractivity contribution in [2.75, 3.05) is 13.6 Å². The van der Waals surface area contributed by atoms with Crippen LogP contribution in [-0.4, -0.2) is 30.6 Å². The zero-order valence-corrected chi connectivity index (χ0v) is 8.92. The summed E-state index contributed by atoms with van der Waals surface area (Å²) in [7, 11) is 2.26. The van der Waals surface area contributed by atoms with E-state index in [1.54, 1.807) is 0 Å². The van der Waals surface area contributed by atoms with Gasteiger partial charge in [0.05, 0.1) is 0 Å². The first-order valence-corrected chi connectivity index (χ1v) is 5.64. The van der Waals surface area contributed by atoms with E-state index in [-0.39, 0.29) is 0 Å². The second-order valence-electron chi connectivity index (χ2n) is 5.04. The lowest BCUT2D eigenvalue weighted by Gasteiger charge is -2.28. The molecular formula is C11H22N2. The third-order valence-corrected chi connectivity index (χ3v) is 4.28. The number of likely N-dealkylation sites (tertiary alicyclic amines) is 1. The molecule has 2 fully saturated rings. The quantitative estimate of drug-likeness (QED) is 0.667. The fraction of sp³-hybridized carbons (Fsp3) is 1.00. The predicted octanol–water partition coefficient (Wildman–Crippen LogP) is 1.60. The molecule has 0 aromatic heterocycles. The van der Waals surface area contributed by atoms with Crippen molar-refractivity contribution in [3.05, 3.63) is 0 Å². The van der Waals surface area contributed by atoms with Crippen molar-refractivity contribution in [2.24, 2.45) is 11.1 Å². The first-order valence-electron chi connectivity index (χ1n) is 5.64. The normalized spacial score (nSPS) is 46.4. The van der Waals surface area contributed by atoms with Gasteiger partial charge in [-0.25, -0.2) is 0 Å².